The standard InChI is InChI=1S/C22H24N4O3/c1-29-17-5-6-20(27)16(12-17)14-26-10-7-15(8-11-26)19-13-21(28)25-22(24-19)18-4-2-3-9-23-18/h2-6,9,12-13,15,27H,7-8,10-11,14H2,1H3,(H,24,25,28). The molecule has 1 fully saturated rings. The summed E-state index contributed by atoms with van der Waals surface area (Å²) in [5.41, 5.74) is 2.18. The summed E-state index contributed by atoms with van der Waals surface area (Å²) in [6.07, 6.45) is 3.50. The van der Waals surface area contributed by atoms with Crippen molar-refractivity contribution in [2.24, 2.45) is 0 Å². The van der Waals surface area contributed by atoms with E-state index in [4.69, 9.17) is 4.74 Å². The summed E-state index contributed by atoms with van der Waals surface area (Å²) < 4.78 is 5.26. The van der Waals surface area contributed by atoms with Crippen LogP contribution in [0.1, 0.15) is 30.0 Å². The predicted octanol–water partition coefficient (Wildman–Crippen LogP) is 2.93. The van der Waals surface area contributed by atoms with Gasteiger partial charge in [0.05, 0.1) is 12.8 Å². The Morgan fingerprint density at radius 3 is 2.76 bits per heavy atom. The largest absolute Gasteiger partial charge is 0.508 e. The van der Waals surface area contributed by atoms with E-state index in [1.807, 2.05) is 24.3 Å². The second kappa shape index (κ2) is 8.45. The summed E-state index contributed by atoms with van der Waals surface area (Å²) in [6.45, 7) is 2.40. The average Bonchev–Trinajstić information content (AvgIpc) is 2.76. The van der Waals surface area contributed by atoms with Gasteiger partial charge in [-0.15, -0.1) is 0 Å². The number of hydrogen-bond acceptors (Lipinski definition) is 6. The van der Waals surface area contributed by atoms with Crippen LogP contribution in [0.4, 0.5) is 0 Å². The van der Waals surface area contributed by atoms with Crippen LogP contribution in [-0.4, -0.2) is 45.2 Å². The highest BCUT2D eigenvalue weighted by Gasteiger charge is 2.23. The minimum Gasteiger partial charge on any atom is -0.508 e. The molecule has 7 heteroatoms. The van der Waals surface area contributed by atoms with Gasteiger partial charge in [-0.2, -0.15) is 0 Å². The summed E-state index contributed by atoms with van der Waals surface area (Å²) in [4.78, 5) is 26.2. The lowest BCUT2D eigenvalue weighted by Gasteiger charge is -2.31. The van der Waals surface area contributed by atoms with Crippen molar-refractivity contribution in [2.75, 3.05) is 20.2 Å². The lowest BCUT2D eigenvalue weighted by molar-refractivity contribution is 0.201. The van der Waals surface area contributed by atoms with Gasteiger partial charge in [-0.05, 0) is 56.3 Å². The van der Waals surface area contributed by atoms with Gasteiger partial charge in [0.25, 0.3) is 5.56 Å². The van der Waals surface area contributed by atoms with Gasteiger partial charge in [0, 0.05) is 30.3 Å². The van der Waals surface area contributed by atoms with E-state index < -0.39 is 0 Å². The Labute approximate surface area is 169 Å². The van der Waals surface area contributed by atoms with Crippen LogP contribution in [-0.2, 0) is 6.54 Å². The third-order valence-corrected chi connectivity index (χ3v) is 5.36. The zero-order valence-corrected chi connectivity index (χ0v) is 16.3. The van der Waals surface area contributed by atoms with E-state index >= 15 is 0 Å². The number of nitrogens with zero attached hydrogens (tertiary/aromatic N) is 3. The Balaban J connectivity index is 1.45. The fraction of sp³-hybridized carbons (Fsp3) is 0.318. The third-order valence-electron chi connectivity index (χ3n) is 5.36. The molecule has 2 aromatic heterocycles. The number of methoxy groups -OCH3 is 1. The molecule has 1 saturated heterocycles. The third kappa shape index (κ3) is 4.46. The van der Waals surface area contributed by atoms with Crippen molar-refractivity contribution in [2.45, 2.75) is 25.3 Å². The molecule has 150 valence electrons. The number of hydrogen-bond donors (Lipinski definition) is 2. The van der Waals surface area contributed by atoms with Gasteiger partial charge in [-0.3, -0.25) is 14.7 Å². The molecule has 0 saturated carbocycles. The topological polar surface area (TPSA) is 91.3 Å². The highest BCUT2D eigenvalue weighted by Crippen LogP contribution is 2.30. The van der Waals surface area contributed by atoms with E-state index in [0.29, 0.717) is 18.1 Å². The van der Waals surface area contributed by atoms with Crippen molar-refractivity contribution in [1.29, 1.82) is 0 Å². The average molecular weight is 392 g/mol. The maximum absolute atomic E-state index is 12.2. The molecule has 4 rings (SSSR count). The molecular formula is C22H24N4O3. The zero-order chi connectivity index (χ0) is 20.2. The first-order valence-corrected chi connectivity index (χ1v) is 9.73. The van der Waals surface area contributed by atoms with Crippen LogP contribution >= 0.6 is 0 Å². The van der Waals surface area contributed by atoms with Crippen LogP contribution in [0.25, 0.3) is 11.5 Å². The van der Waals surface area contributed by atoms with Gasteiger partial charge >= 0.3 is 0 Å². The minimum absolute atomic E-state index is 0.153. The highest BCUT2D eigenvalue weighted by molar-refractivity contribution is 5.48. The van der Waals surface area contributed by atoms with Crippen molar-refractivity contribution >= 4 is 0 Å². The second-order valence-electron chi connectivity index (χ2n) is 7.28. The number of phenols is 1. The molecule has 0 bridgehead atoms. The Kier molecular flexibility index (Phi) is 5.57. The number of H-pyrrole nitrogens is 1. The minimum atomic E-state index is -0.153. The molecule has 0 amide bonds. The van der Waals surface area contributed by atoms with E-state index in [-0.39, 0.29) is 17.2 Å². The van der Waals surface area contributed by atoms with Crippen molar-refractivity contribution in [3.63, 3.8) is 0 Å². The van der Waals surface area contributed by atoms with Crippen molar-refractivity contribution in [3.05, 3.63) is 70.3 Å². The van der Waals surface area contributed by atoms with Crippen LogP contribution in [0.15, 0.2) is 53.5 Å². The first-order chi connectivity index (χ1) is 14.1. The Morgan fingerprint density at radius 1 is 1.21 bits per heavy atom. The molecule has 7 nitrogen and oxygen atoms in total. The molecular weight excluding hydrogens is 368 g/mol. The van der Waals surface area contributed by atoms with Gasteiger partial charge in [0.2, 0.25) is 0 Å². The number of piperidine rings is 1. The number of aromatic hydroxyl groups is 1. The van der Waals surface area contributed by atoms with E-state index in [2.05, 4.69) is 19.9 Å². The van der Waals surface area contributed by atoms with Gasteiger partial charge in [0.1, 0.15) is 17.2 Å². The Hall–Kier alpha value is -3.19. The first-order valence-electron chi connectivity index (χ1n) is 9.73. The number of nitrogens with one attached hydrogen (secondary N) is 1. The van der Waals surface area contributed by atoms with Crippen LogP contribution < -0.4 is 10.3 Å². The van der Waals surface area contributed by atoms with Gasteiger partial charge in [-0.1, -0.05) is 6.07 Å². The normalized spacial score (nSPS) is 15.3. The van der Waals surface area contributed by atoms with Gasteiger partial charge in [-0.25, -0.2) is 4.98 Å². The second-order valence-corrected chi connectivity index (χ2v) is 7.28. The smallest absolute Gasteiger partial charge is 0.251 e. The lowest BCUT2D eigenvalue weighted by atomic mass is 9.93. The van der Waals surface area contributed by atoms with Crippen LogP contribution in [0.5, 0.6) is 11.5 Å². The summed E-state index contributed by atoms with van der Waals surface area (Å²) in [5, 5.41) is 10.1. The number of ether oxygens (including phenoxy) is 1. The number of phenolic OH excluding ortho intramolecular Hbond substituents is 1. The fourth-order valence-corrected chi connectivity index (χ4v) is 3.75. The summed E-state index contributed by atoms with van der Waals surface area (Å²) >= 11 is 0. The molecule has 29 heavy (non-hydrogen) atoms. The molecule has 0 spiro atoms. The van der Waals surface area contributed by atoms with E-state index in [9.17, 15) is 9.90 Å². The van der Waals surface area contributed by atoms with Gasteiger partial charge < -0.3 is 14.8 Å². The Bertz CT molecular complexity index is 1030. The quantitative estimate of drug-likeness (QED) is 0.694. The number of rotatable bonds is 5. The van der Waals surface area contributed by atoms with Crippen molar-refractivity contribution < 1.29 is 9.84 Å². The highest BCUT2D eigenvalue weighted by atomic mass is 16.5. The molecule has 0 aliphatic carbocycles. The summed E-state index contributed by atoms with van der Waals surface area (Å²) in [7, 11) is 1.62. The summed E-state index contributed by atoms with van der Waals surface area (Å²) in [6, 6.07) is 12.4. The number of likely N-dealkylation sites (tertiary alicyclic amines) is 1. The molecule has 0 atom stereocenters. The first kappa shape index (κ1) is 19.1. The Morgan fingerprint density at radius 2 is 2.03 bits per heavy atom. The fourth-order valence-electron chi connectivity index (χ4n) is 3.75. The van der Waals surface area contributed by atoms with Crippen LogP contribution in [0.2, 0.25) is 0 Å². The molecule has 1 aliphatic rings. The number of aromatic nitrogens is 3. The monoisotopic (exact) mass is 392 g/mol. The number of benzene rings is 1. The number of pyridine rings is 1. The lowest BCUT2D eigenvalue weighted by Crippen LogP contribution is -2.33. The molecule has 0 radical (unpaired) electrons. The maximum Gasteiger partial charge on any atom is 0.251 e. The molecule has 1 aliphatic heterocycles. The summed E-state index contributed by atoms with van der Waals surface area (Å²) in [5.74, 6) is 1.76. The van der Waals surface area contributed by atoms with E-state index in [0.717, 1.165) is 42.9 Å². The number of aromatic amines is 1. The van der Waals surface area contributed by atoms with Crippen LogP contribution in [0, 0.1) is 0 Å². The van der Waals surface area contributed by atoms with Crippen molar-refractivity contribution in [3.8, 4) is 23.0 Å². The molecule has 3 heterocycles. The maximum atomic E-state index is 12.2. The van der Waals surface area contributed by atoms with Crippen molar-refractivity contribution in [1.82, 2.24) is 19.9 Å². The molecule has 2 N–H and O–H groups in total. The predicted molar refractivity (Wildman–Crippen MR) is 110 cm³/mol. The van der Waals surface area contributed by atoms with Gasteiger partial charge in [0.15, 0.2) is 5.82 Å². The zero-order valence-electron chi connectivity index (χ0n) is 16.3. The molecule has 1 aromatic carbocycles. The van der Waals surface area contributed by atoms with E-state index in [1.54, 1.807) is 31.5 Å². The van der Waals surface area contributed by atoms with E-state index in [1.165, 1.54) is 0 Å². The molecule has 3 aromatic rings. The van der Waals surface area contributed by atoms with Crippen LogP contribution in [0.3, 0.4) is 0 Å². The molecule has 0 unspecified atom stereocenters. The SMILES string of the molecule is COc1ccc(O)c(CN2CCC(c3cc(=O)[nH]c(-c4ccccn4)n3)CC2)c1.